The lowest BCUT2D eigenvalue weighted by Crippen LogP contribution is -2.56. The quantitative estimate of drug-likeness (QED) is 0.816. The van der Waals surface area contributed by atoms with E-state index in [2.05, 4.69) is 5.32 Å². The number of primary amides is 1. The number of alkyl halides is 3. The molecule has 1 saturated heterocycles. The van der Waals surface area contributed by atoms with Gasteiger partial charge in [0, 0.05) is 31.9 Å². The number of halogens is 3. The molecule has 3 amide bonds. The van der Waals surface area contributed by atoms with E-state index >= 15 is 0 Å². The molecule has 1 fully saturated rings. The predicted molar refractivity (Wildman–Crippen MR) is 96.2 cm³/mol. The SMILES string of the molecule is CC(C)C[C@@H](NC(N)=O)C(=O)N1CCN(c2cccc(C(F)(F)F)c2)CC1. The average molecular weight is 386 g/mol. The number of nitrogens with two attached hydrogens (primary N) is 1. The van der Waals surface area contributed by atoms with E-state index in [4.69, 9.17) is 5.73 Å². The number of hydrogen-bond acceptors (Lipinski definition) is 3. The number of piperazine rings is 1. The molecule has 0 bridgehead atoms. The molecule has 1 atom stereocenters. The van der Waals surface area contributed by atoms with Crippen molar-refractivity contribution >= 4 is 17.6 Å². The highest BCUT2D eigenvalue weighted by molar-refractivity contribution is 5.86. The van der Waals surface area contributed by atoms with Gasteiger partial charge >= 0.3 is 12.2 Å². The Bertz CT molecular complexity index is 671. The second-order valence-corrected chi connectivity index (χ2v) is 7.05. The van der Waals surface area contributed by atoms with Crippen molar-refractivity contribution in [2.45, 2.75) is 32.5 Å². The Morgan fingerprint density at radius 1 is 1.19 bits per heavy atom. The molecule has 3 N–H and O–H groups in total. The van der Waals surface area contributed by atoms with E-state index < -0.39 is 23.8 Å². The van der Waals surface area contributed by atoms with Crippen LogP contribution in [0.2, 0.25) is 0 Å². The van der Waals surface area contributed by atoms with Crippen LogP contribution >= 0.6 is 0 Å². The van der Waals surface area contributed by atoms with Crippen LogP contribution in [0.1, 0.15) is 25.8 Å². The number of rotatable bonds is 5. The zero-order valence-corrected chi connectivity index (χ0v) is 15.4. The van der Waals surface area contributed by atoms with E-state index in [9.17, 15) is 22.8 Å². The van der Waals surface area contributed by atoms with Crippen LogP contribution in [0.15, 0.2) is 24.3 Å². The third-order valence-corrected chi connectivity index (χ3v) is 4.45. The maximum Gasteiger partial charge on any atom is 0.416 e. The summed E-state index contributed by atoms with van der Waals surface area (Å²) >= 11 is 0. The van der Waals surface area contributed by atoms with Gasteiger partial charge in [0.25, 0.3) is 0 Å². The maximum atomic E-state index is 12.9. The fourth-order valence-corrected chi connectivity index (χ4v) is 3.15. The topological polar surface area (TPSA) is 78.7 Å². The number of nitrogens with one attached hydrogen (secondary N) is 1. The first-order valence-corrected chi connectivity index (χ1v) is 8.85. The number of hydrogen-bond donors (Lipinski definition) is 2. The molecule has 0 aliphatic carbocycles. The van der Waals surface area contributed by atoms with Gasteiger partial charge in [-0.25, -0.2) is 4.79 Å². The summed E-state index contributed by atoms with van der Waals surface area (Å²) in [6.45, 7) is 5.44. The van der Waals surface area contributed by atoms with Gasteiger partial charge in [-0.15, -0.1) is 0 Å². The molecule has 27 heavy (non-hydrogen) atoms. The van der Waals surface area contributed by atoms with Gasteiger partial charge in [-0.1, -0.05) is 19.9 Å². The van der Waals surface area contributed by atoms with Crippen LogP contribution in [0.5, 0.6) is 0 Å². The summed E-state index contributed by atoms with van der Waals surface area (Å²) < 4.78 is 38.7. The minimum atomic E-state index is -4.39. The summed E-state index contributed by atoms with van der Waals surface area (Å²) in [5.74, 6) is -0.0246. The van der Waals surface area contributed by atoms with E-state index in [0.29, 0.717) is 38.3 Å². The van der Waals surface area contributed by atoms with Crippen molar-refractivity contribution in [2.75, 3.05) is 31.1 Å². The highest BCUT2D eigenvalue weighted by atomic mass is 19.4. The molecular formula is C18H25F3N4O2. The van der Waals surface area contributed by atoms with E-state index in [-0.39, 0.29) is 11.8 Å². The van der Waals surface area contributed by atoms with Gasteiger partial charge in [-0.2, -0.15) is 13.2 Å². The molecular weight excluding hydrogens is 361 g/mol. The zero-order valence-electron chi connectivity index (χ0n) is 15.4. The summed E-state index contributed by atoms with van der Waals surface area (Å²) in [7, 11) is 0. The summed E-state index contributed by atoms with van der Waals surface area (Å²) in [5.41, 5.74) is 4.95. The molecule has 1 heterocycles. The lowest BCUT2D eigenvalue weighted by Gasteiger charge is -2.38. The Kier molecular flexibility index (Phi) is 6.56. The fraction of sp³-hybridized carbons (Fsp3) is 0.556. The minimum Gasteiger partial charge on any atom is -0.368 e. The van der Waals surface area contributed by atoms with Crippen LogP contribution in [-0.4, -0.2) is 49.1 Å². The van der Waals surface area contributed by atoms with E-state index in [1.54, 1.807) is 11.0 Å². The third kappa shape index (κ3) is 5.77. The standard InChI is InChI=1S/C18H25F3N4O2/c1-12(2)10-15(23-17(22)27)16(26)25-8-6-24(7-9-25)14-5-3-4-13(11-14)18(19,20)21/h3-5,11-12,15H,6-10H2,1-2H3,(H3,22,23,27)/t15-/m1/s1. The lowest BCUT2D eigenvalue weighted by molar-refractivity contribution is -0.137. The van der Waals surface area contributed by atoms with Gasteiger partial charge in [0.05, 0.1) is 5.56 Å². The van der Waals surface area contributed by atoms with Crippen molar-refractivity contribution in [3.63, 3.8) is 0 Å². The molecule has 1 aromatic rings. The fourth-order valence-electron chi connectivity index (χ4n) is 3.15. The number of nitrogens with zero attached hydrogens (tertiary/aromatic N) is 2. The third-order valence-electron chi connectivity index (χ3n) is 4.45. The Morgan fingerprint density at radius 3 is 2.33 bits per heavy atom. The van der Waals surface area contributed by atoms with Crippen molar-refractivity contribution in [3.8, 4) is 0 Å². The molecule has 0 aromatic heterocycles. The second-order valence-electron chi connectivity index (χ2n) is 7.05. The molecule has 0 unspecified atom stereocenters. The largest absolute Gasteiger partial charge is 0.416 e. The van der Waals surface area contributed by atoms with Gasteiger partial charge < -0.3 is 20.9 Å². The van der Waals surface area contributed by atoms with Crippen molar-refractivity contribution in [1.82, 2.24) is 10.2 Å². The Balaban J connectivity index is 2.01. The lowest BCUT2D eigenvalue weighted by atomic mass is 10.0. The molecule has 150 valence electrons. The van der Waals surface area contributed by atoms with Gasteiger partial charge in [-0.05, 0) is 30.5 Å². The van der Waals surface area contributed by atoms with E-state index in [0.717, 1.165) is 12.1 Å². The van der Waals surface area contributed by atoms with Crippen LogP contribution in [0.3, 0.4) is 0 Å². The Morgan fingerprint density at radius 2 is 1.81 bits per heavy atom. The van der Waals surface area contributed by atoms with Crippen LogP contribution in [-0.2, 0) is 11.0 Å². The summed E-state index contributed by atoms with van der Waals surface area (Å²) in [5, 5.41) is 2.48. The molecule has 2 rings (SSSR count). The van der Waals surface area contributed by atoms with Crippen molar-refractivity contribution in [1.29, 1.82) is 0 Å². The molecule has 0 radical (unpaired) electrons. The van der Waals surface area contributed by atoms with Gasteiger partial charge in [0.1, 0.15) is 6.04 Å². The van der Waals surface area contributed by atoms with E-state index in [1.165, 1.54) is 6.07 Å². The monoisotopic (exact) mass is 386 g/mol. The number of amides is 3. The van der Waals surface area contributed by atoms with Crippen LogP contribution in [0.25, 0.3) is 0 Å². The van der Waals surface area contributed by atoms with Gasteiger partial charge in [-0.3, -0.25) is 4.79 Å². The van der Waals surface area contributed by atoms with Crippen LogP contribution < -0.4 is 16.0 Å². The van der Waals surface area contributed by atoms with Crippen LogP contribution in [0.4, 0.5) is 23.7 Å². The molecule has 9 heteroatoms. The first kappa shape index (κ1) is 20.9. The minimum absolute atomic E-state index is 0.192. The molecule has 0 saturated carbocycles. The number of carbonyl (C=O) groups is 2. The van der Waals surface area contributed by atoms with Crippen LogP contribution in [0, 0.1) is 5.92 Å². The molecule has 1 aliphatic rings. The number of anilines is 1. The first-order chi connectivity index (χ1) is 12.6. The maximum absolute atomic E-state index is 12.9. The Hall–Kier alpha value is -2.45. The van der Waals surface area contributed by atoms with E-state index in [1.807, 2.05) is 18.7 Å². The second kappa shape index (κ2) is 8.49. The molecule has 1 aliphatic heterocycles. The summed E-state index contributed by atoms with van der Waals surface area (Å²) in [6.07, 6.45) is -3.92. The van der Waals surface area contributed by atoms with Gasteiger partial charge in [0.15, 0.2) is 0 Å². The first-order valence-electron chi connectivity index (χ1n) is 8.85. The summed E-state index contributed by atoms with van der Waals surface area (Å²) in [6, 6.07) is 3.72. The van der Waals surface area contributed by atoms with Gasteiger partial charge in [0.2, 0.25) is 5.91 Å². The normalized spacial score (nSPS) is 16.4. The molecule has 6 nitrogen and oxygen atoms in total. The molecule has 1 aromatic carbocycles. The number of carbonyl (C=O) groups excluding carboxylic acids is 2. The van der Waals surface area contributed by atoms with Crippen molar-refractivity contribution < 1.29 is 22.8 Å². The average Bonchev–Trinajstić information content (AvgIpc) is 2.59. The highest BCUT2D eigenvalue weighted by Gasteiger charge is 2.32. The highest BCUT2D eigenvalue weighted by Crippen LogP contribution is 2.31. The Labute approximate surface area is 156 Å². The summed E-state index contributed by atoms with van der Waals surface area (Å²) in [4.78, 5) is 27.3. The molecule has 0 spiro atoms. The number of urea groups is 1. The number of benzene rings is 1. The van der Waals surface area contributed by atoms with Crippen molar-refractivity contribution in [2.24, 2.45) is 11.7 Å². The smallest absolute Gasteiger partial charge is 0.368 e. The zero-order chi connectivity index (χ0) is 20.2. The van der Waals surface area contributed by atoms with Crippen molar-refractivity contribution in [3.05, 3.63) is 29.8 Å². The predicted octanol–water partition coefficient (Wildman–Crippen LogP) is 2.44.